The molecular formula is C13H12I3N2O4-. The number of benzene rings is 1. The predicted octanol–water partition coefficient (Wildman–Crippen LogP) is 1.83. The van der Waals surface area contributed by atoms with Crippen LogP contribution in [0.1, 0.15) is 24.2 Å². The van der Waals surface area contributed by atoms with Crippen LogP contribution in [0.2, 0.25) is 0 Å². The molecule has 0 aromatic heterocycles. The number of carboxylic acids is 1. The number of hydrogen-bond acceptors (Lipinski definition) is 4. The van der Waals surface area contributed by atoms with Gasteiger partial charge in [0.25, 0.3) is 0 Å². The van der Waals surface area contributed by atoms with Crippen molar-refractivity contribution in [2.45, 2.75) is 13.8 Å². The zero-order valence-electron chi connectivity index (χ0n) is 12.2. The molecule has 0 saturated carbocycles. The van der Waals surface area contributed by atoms with Crippen molar-refractivity contribution in [3.63, 3.8) is 0 Å². The Morgan fingerprint density at radius 2 is 1.14 bits per heavy atom. The molecule has 0 aliphatic rings. The predicted molar refractivity (Wildman–Crippen MR) is 107 cm³/mol. The molecule has 1 aromatic rings. The molecule has 22 heavy (non-hydrogen) atoms. The highest BCUT2D eigenvalue weighted by atomic mass is 127. The van der Waals surface area contributed by atoms with Gasteiger partial charge in [-0.05, 0) is 67.8 Å². The van der Waals surface area contributed by atoms with Crippen LogP contribution in [-0.4, -0.2) is 31.9 Å². The Hall–Kier alpha value is -0.180. The van der Waals surface area contributed by atoms with Crippen LogP contribution < -0.4 is 14.9 Å². The van der Waals surface area contributed by atoms with Crippen LogP contribution in [0, 0.1) is 10.7 Å². The maximum Gasteiger partial charge on any atom is 0.223 e. The average Bonchev–Trinajstić information content (AvgIpc) is 2.37. The molecule has 0 atom stereocenters. The van der Waals surface area contributed by atoms with Crippen LogP contribution >= 0.6 is 67.8 Å². The highest BCUT2D eigenvalue weighted by Gasteiger charge is 2.27. The van der Waals surface area contributed by atoms with E-state index in [0.29, 0.717) is 22.1 Å². The first-order valence-corrected chi connectivity index (χ1v) is 9.16. The number of hydrogen-bond donors (Lipinski definition) is 0. The van der Waals surface area contributed by atoms with E-state index in [1.807, 2.05) is 67.8 Å². The van der Waals surface area contributed by atoms with Gasteiger partial charge in [0, 0.05) is 40.6 Å². The van der Waals surface area contributed by atoms with E-state index in [-0.39, 0.29) is 17.4 Å². The minimum atomic E-state index is -1.35. The number of aromatic carboxylic acids is 1. The average molecular weight is 641 g/mol. The fourth-order valence-electron chi connectivity index (χ4n) is 1.72. The first-order chi connectivity index (χ1) is 10.0. The van der Waals surface area contributed by atoms with Gasteiger partial charge in [-0.25, -0.2) is 0 Å². The lowest BCUT2D eigenvalue weighted by Gasteiger charge is -2.28. The summed E-state index contributed by atoms with van der Waals surface area (Å²) in [6.07, 6.45) is 0. The normalized spacial score (nSPS) is 10.3. The number of nitrogens with zero attached hydrogens (tertiary/aromatic N) is 2. The molecule has 0 unspecified atom stereocenters. The monoisotopic (exact) mass is 641 g/mol. The highest BCUT2D eigenvalue weighted by molar-refractivity contribution is 14.1. The Labute approximate surface area is 169 Å². The van der Waals surface area contributed by atoms with Gasteiger partial charge in [0.1, 0.15) is 0 Å². The number of rotatable bonds is 3. The Morgan fingerprint density at radius 3 is 1.36 bits per heavy atom. The van der Waals surface area contributed by atoms with E-state index < -0.39 is 5.97 Å². The topological polar surface area (TPSA) is 80.8 Å². The second-order valence-electron chi connectivity index (χ2n) is 4.46. The summed E-state index contributed by atoms with van der Waals surface area (Å²) in [4.78, 5) is 37.6. The lowest BCUT2D eigenvalue weighted by Crippen LogP contribution is -2.32. The minimum Gasteiger partial charge on any atom is -0.545 e. The number of anilines is 2. The number of carbonyl (C=O) groups is 3. The molecule has 2 amide bonds. The van der Waals surface area contributed by atoms with Gasteiger partial charge in [-0.3, -0.25) is 9.59 Å². The molecule has 1 aromatic carbocycles. The van der Waals surface area contributed by atoms with Crippen LogP contribution in [0.15, 0.2) is 0 Å². The molecule has 120 valence electrons. The van der Waals surface area contributed by atoms with Crippen molar-refractivity contribution >= 4 is 96.9 Å². The molecule has 0 radical (unpaired) electrons. The molecule has 0 aliphatic heterocycles. The van der Waals surface area contributed by atoms with Crippen molar-refractivity contribution in [3.05, 3.63) is 16.3 Å². The van der Waals surface area contributed by atoms with Gasteiger partial charge < -0.3 is 19.7 Å². The molecule has 0 aliphatic carbocycles. The second-order valence-corrected chi connectivity index (χ2v) is 7.69. The van der Waals surface area contributed by atoms with Crippen LogP contribution in [0.5, 0.6) is 0 Å². The van der Waals surface area contributed by atoms with Crippen molar-refractivity contribution in [1.82, 2.24) is 0 Å². The molecule has 0 N–H and O–H groups in total. The summed E-state index contributed by atoms with van der Waals surface area (Å²) in [6.45, 7) is 2.77. The standard InChI is InChI=1S/C13H13I3N2O4/c1-5(19)17(3)11-8(14)7(13(21)22)9(15)12(10(11)16)18(4)6(2)20/h1-4H3,(H,21,22)/p-1. The zero-order chi connectivity index (χ0) is 17.4. The SMILES string of the molecule is CC(=O)N(C)c1c(I)c(C(=O)[O-])c(I)c(N(C)C(C)=O)c1I. The fourth-order valence-corrected chi connectivity index (χ4v) is 6.77. The summed E-state index contributed by atoms with van der Waals surface area (Å²) >= 11 is 5.79. The van der Waals surface area contributed by atoms with Crippen molar-refractivity contribution < 1.29 is 19.5 Å². The number of halogens is 3. The zero-order valence-corrected chi connectivity index (χ0v) is 18.6. The molecular weight excluding hydrogens is 629 g/mol. The van der Waals surface area contributed by atoms with Gasteiger partial charge in [0.2, 0.25) is 11.8 Å². The van der Waals surface area contributed by atoms with Gasteiger partial charge in [-0.2, -0.15) is 0 Å². The van der Waals surface area contributed by atoms with E-state index in [4.69, 9.17) is 0 Å². The Balaban J connectivity index is 3.91. The van der Waals surface area contributed by atoms with Crippen LogP contribution in [0.4, 0.5) is 11.4 Å². The van der Waals surface area contributed by atoms with Crippen LogP contribution in [-0.2, 0) is 9.59 Å². The van der Waals surface area contributed by atoms with E-state index >= 15 is 0 Å². The highest BCUT2D eigenvalue weighted by Crippen LogP contribution is 2.41. The van der Waals surface area contributed by atoms with Crippen LogP contribution in [0.3, 0.4) is 0 Å². The Kier molecular flexibility index (Phi) is 6.86. The molecule has 6 nitrogen and oxygen atoms in total. The molecule has 9 heteroatoms. The van der Waals surface area contributed by atoms with Crippen LogP contribution in [0.25, 0.3) is 0 Å². The Morgan fingerprint density at radius 1 is 0.818 bits per heavy atom. The van der Waals surface area contributed by atoms with Gasteiger partial charge in [0.05, 0.1) is 20.9 Å². The first-order valence-electron chi connectivity index (χ1n) is 5.92. The maximum absolute atomic E-state index is 11.7. The third-order valence-electron chi connectivity index (χ3n) is 3.09. The summed E-state index contributed by atoms with van der Waals surface area (Å²) < 4.78 is 1.45. The lowest BCUT2D eigenvalue weighted by molar-refractivity contribution is -0.255. The largest absolute Gasteiger partial charge is 0.545 e. The third-order valence-corrected chi connectivity index (χ3v) is 6.21. The second kappa shape index (κ2) is 7.59. The Bertz CT molecular complexity index is 629. The summed E-state index contributed by atoms with van der Waals surface area (Å²) in [5.41, 5.74) is 0.889. The van der Waals surface area contributed by atoms with E-state index in [1.54, 1.807) is 14.1 Å². The number of amides is 2. The summed E-state index contributed by atoms with van der Waals surface area (Å²) in [6, 6.07) is 0. The smallest absolute Gasteiger partial charge is 0.223 e. The van der Waals surface area contributed by atoms with Crippen molar-refractivity contribution in [1.29, 1.82) is 0 Å². The summed E-state index contributed by atoms with van der Waals surface area (Å²) in [5, 5.41) is 11.5. The van der Waals surface area contributed by atoms with Crippen molar-refractivity contribution in [3.8, 4) is 0 Å². The molecule has 1 rings (SSSR count). The molecule has 0 fully saturated rings. The summed E-state index contributed by atoms with van der Waals surface area (Å²) in [5.74, 6) is -1.82. The first kappa shape index (κ1) is 19.9. The van der Waals surface area contributed by atoms with E-state index in [0.717, 1.165) is 0 Å². The van der Waals surface area contributed by atoms with E-state index in [2.05, 4.69) is 0 Å². The van der Waals surface area contributed by atoms with Gasteiger partial charge >= 0.3 is 0 Å². The third kappa shape index (κ3) is 3.66. The minimum absolute atomic E-state index is 0.0205. The lowest BCUT2D eigenvalue weighted by atomic mass is 10.1. The molecule has 0 bridgehead atoms. The van der Waals surface area contributed by atoms with E-state index in [1.165, 1.54) is 23.6 Å². The van der Waals surface area contributed by atoms with Gasteiger partial charge in [0.15, 0.2) is 0 Å². The molecule has 0 heterocycles. The summed E-state index contributed by atoms with van der Waals surface area (Å²) in [7, 11) is 3.12. The molecule has 0 saturated heterocycles. The quantitative estimate of drug-likeness (QED) is 0.473. The molecule has 0 spiro atoms. The van der Waals surface area contributed by atoms with Crippen molar-refractivity contribution in [2.75, 3.05) is 23.9 Å². The number of carboxylic acid groups (broad SMARTS) is 1. The van der Waals surface area contributed by atoms with Crippen molar-refractivity contribution in [2.24, 2.45) is 0 Å². The van der Waals surface area contributed by atoms with E-state index in [9.17, 15) is 19.5 Å². The van der Waals surface area contributed by atoms with Gasteiger partial charge in [-0.15, -0.1) is 0 Å². The maximum atomic E-state index is 11.7. The number of carbonyl (C=O) groups excluding carboxylic acids is 3. The fraction of sp³-hybridized carbons (Fsp3) is 0.308. The van der Waals surface area contributed by atoms with Gasteiger partial charge in [-0.1, -0.05) is 0 Å².